The number of hydrogen-bond acceptors (Lipinski definition) is 3. The van der Waals surface area contributed by atoms with E-state index in [-0.39, 0.29) is 11.9 Å². The minimum Gasteiger partial charge on any atom is -0.464 e. The Balaban J connectivity index is 2.36. The molecule has 2 aliphatic rings. The molecule has 46 valence electrons. The lowest BCUT2D eigenvalue weighted by Crippen LogP contribution is -2.10. The van der Waals surface area contributed by atoms with Crippen molar-refractivity contribution in [2.45, 2.75) is 6.42 Å². The number of esters is 1. The molecule has 2 rings (SSSR count). The fraction of sp³-hybridized carbons (Fsp3) is 0.667. The second-order valence-electron chi connectivity index (χ2n) is 2.58. The summed E-state index contributed by atoms with van der Waals surface area (Å²) in [7, 11) is 0. The maximum absolute atomic E-state index is 10.7. The Kier molecular flexibility index (Phi) is 0.590. The largest absolute Gasteiger partial charge is 0.464 e. The third kappa shape index (κ3) is 0.355. The molecule has 0 radical (unpaired) electrons. The Morgan fingerprint density at radius 1 is 1.89 bits per heavy atom. The molecule has 0 aromatic carbocycles. The van der Waals surface area contributed by atoms with Gasteiger partial charge in [0.15, 0.2) is 5.41 Å². The van der Waals surface area contributed by atoms with Gasteiger partial charge in [-0.2, -0.15) is 5.26 Å². The van der Waals surface area contributed by atoms with E-state index in [0.717, 1.165) is 6.42 Å². The van der Waals surface area contributed by atoms with Gasteiger partial charge >= 0.3 is 5.97 Å². The summed E-state index contributed by atoms with van der Waals surface area (Å²) < 4.78 is 4.65. The van der Waals surface area contributed by atoms with Gasteiger partial charge in [-0.05, 0) is 6.42 Å². The first-order chi connectivity index (χ1) is 4.29. The number of hydrogen-bond donors (Lipinski definition) is 0. The van der Waals surface area contributed by atoms with E-state index in [1.807, 2.05) is 6.07 Å². The summed E-state index contributed by atoms with van der Waals surface area (Å²) in [6.07, 6.45) is 0.725. The summed E-state index contributed by atoms with van der Waals surface area (Å²) in [5, 5.41) is 8.49. The lowest BCUT2D eigenvalue weighted by Gasteiger charge is -1.94. The van der Waals surface area contributed by atoms with Crippen LogP contribution in [-0.4, -0.2) is 12.6 Å². The Morgan fingerprint density at radius 2 is 2.67 bits per heavy atom. The maximum atomic E-state index is 10.7. The van der Waals surface area contributed by atoms with Gasteiger partial charge in [-0.15, -0.1) is 0 Å². The molecular weight excluding hydrogens is 118 g/mol. The van der Waals surface area contributed by atoms with E-state index >= 15 is 0 Å². The molecule has 3 heteroatoms. The van der Waals surface area contributed by atoms with E-state index in [1.165, 1.54) is 0 Å². The summed E-state index contributed by atoms with van der Waals surface area (Å²) >= 11 is 0. The summed E-state index contributed by atoms with van der Waals surface area (Å²) in [6, 6.07) is 1.99. The standard InChI is InChI=1S/C6H5NO2/c7-3-6-1-4(6)2-9-5(6)8/h4H,1-2H2/t4?,6-/m0/s1. The van der Waals surface area contributed by atoms with E-state index in [2.05, 4.69) is 4.74 Å². The molecule has 0 aromatic heterocycles. The van der Waals surface area contributed by atoms with Gasteiger partial charge < -0.3 is 4.74 Å². The maximum Gasteiger partial charge on any atom is 0.326 e. The van der Waals surface area contributed by atoms with E-state index < -0.39 is 5.41 Å². The van der Waals surface area contributed by atoms with Crippen LogP contribution in [0, 0.1) is 22.7 Å². The molecule has 2 atom stereocenters. The van der Waals surface area contributed by atoms with Gasteiger partial charge in [0.25, 0.3) is 0 Å². The Morgan fingerprint density at radius 3 is 2.89 bits per heavy atom. The van der Waals surface area contributed by atoms with Crippen molar-refractivity contribution in [3.05, 3.63) is 0 Å². The van der Waals surface area contributed by atoms with Gasteiger partial charge in [-0.25, -0.2) is 0 Å². The number of carbonyl (C=O) groups excluding carboxylic acids is 1. The van der Waals surface area contributed by atoms with Gasteiger partial charge in [-0.1, -0.05) is 0 Å². The SMILES string of the molecule is N#C[C@@]12CC1COC2=O. The molecule has 1 unspecified atom stereocenters. The number of ether oxygens (including phenoxy) is 1. The molecule has 0 aromatic rings. The van der Waals surface area contributed by atoms with Crippen LogP contribution in [0.4, 0.5) is 0 Å². The monoisotopic (exact) mass is 123 g/mol. The molecule has 0 bridgehead atoms. The van der Waals surface area contributed by atoms with Crippen molar-refractivity contribution >= 4 is 5.97 Å². The summed E-state index contributed by atoms with van der Waals surface area (Å²) in [4.78, 5) is 10.7. The molecule has 0 spiro atoms. The van der Waals surface area contributed by atoms with Crippen molar-refractivity contribution in [2.75, 3.05) is 6.61 Å². The molecule has 0 N–H and O–H groups in total. The summed E-state index contributed by atoms with van der Waals surface area (Å²) in [5.41, 5.74) is -0.694. The number of carbonyl (C=O) groups is 1. The van der Waals surface area contributed by atoms with E-state index in [9.17, 15) is 4.79 Å². The van der Waals surface area contributed by atoms with Crippen LogP contribution in [0.15, 0.2) is 0 Å². The first-order valence-electron chi connectivity index (χ1n) is 2.88. The zero-order valence-corrected chi connectivity index (χ0v) is 4.76. The van der Waals surface area contributed by atoms with Crippen LogP contribution in [0.1, 0.15) is 6.42 Å². The van der Waals surface area contributed by atoms with E-state index in [4.69, 9.17) is 5.26 Å². The number of nitrogens with zero attached hydrogens (tertiary/aromatic N) is 1. The lowest BCUT2D eigenvalue weighted by atomic mass is 10.1. The number of fused-ring (bicyclic) bond motifs is 1. The molecule has 3 nitrogen and oxygen atoms in total. The number of nitriles is 1. The van der Waals surface area contributed by atoms with Crippen molar-refractivity contribution in [1.82, 2.24) is 0 Å². The second kappa shape index (κ2) is 1.10. The van der Waals surface area contributed by atoms with E-state index in [0.29, 0.717) is 6.61 Å². The first kappa shape index (κ1) is 4.80. The van der Waals surface area contributed by atoms with Gasteiger partial charge in [0.05, 0.1) is 12.7 Å². The molecule has 9 heavy (non-hydrogen) atoms. The zero-order valence-electron chi connectivity index (χ0n) is 4.76. The molecule has 0 amide bonds. The van der Waals surface area contributed by atoms with Crippen LogP contribution in [0.2, 0.25) is 0 Å². The molecule has 1 saturated carbocycles. The highest BCUT2D eigenvalue weighted by Gasteiger charge is 2.67. The number of rotatable bonds is 0. The average Bonchev–Trinajstić information content (AvgIpc) is 2.52. The minimum absolute atomic E-state index is 0.218. The molecule has 2 fully saturated rings. The summed E-state index contributed by atoms with van der Waals surface area (Å²) in [6.45, 7) is 0.465. The quantitative estimate of drug-likeness (QED) is 0.428. The Hall–Kier alpha value is -1.04. The van der Waals surface area contributed by atoms with Gasteiger partial charge in [0.2, 0.25) is 0 Å². The third-order valence-corrected chi connectivity index (χ3v) is 2.08. The fourth-order valence-electron chi connectivity index (χ4n) is 1.27. The van der Waals surface area contributed by atoms with Gasteiger partial charge in [0, 0.05) is 5.92 Å². The Bertz CT molecular complexity index is 218. The fourth-order valence-corrected chi connectivity index (χ4v) is 1.27. The van der Waals surface area contributed by atoms with Crippen LogP contribution in [0.5, 0.6) is 0 Å². The van der Waals surface area contributed by atoms with Crippen molar-refractivity contribution in [3.8, 4) is 6.07 Å². The van der Waals surface area contributed by atoms with Crippen LogP contribution >= 0.6 is 0 Å². The predicted molar refractivity (Wildman–Crippen MR) is 27.1 cm³/mol. The highest BCUT2D eigenvalue weighted by molar-refractivity contribution is 5.86. The zero-order chi connectivity index (χ0) is 6.48. The first-order valence-corrected chi connectivity index (χ1v) is 2.88. The van der Waals surface area contributed by atoms with Crippen LogP contribution in [0.25, 0.3) is 0 Å². The molecule has 1 aliphatic carbocycles. The lowest BCUT2D eigenvalue weighted by molar-refractivity contribution is -0.143. The van der Waals surface area contributed by atoms with Crippen molar-refractivity contribution in [3.63, 3.8) is 0 Å². The van der Waals surface area contributed by atoms with Gasteiger partial charge in [0.1, 0.15) is 0 Å². The van der Waals surface area contributed by atoms with Gasteiger partial charge in [-0.3, -0.25) is 4.79 Å². The highest BCUT2D eigenvalue weighted by atomic mass is 16.5. The minimum atomic E-state index is -0.694. The van der Waals surface area contributed by atoms with Crippen molar-refractivity contribution < 1.29 is 9.53 Å². The predicted octanol–water partition coefficient (Wildman–Crippen LogP) is 0.0731. The van der Waals surface area contributed by atoms with Crippen molar-refractivity contribution in [2.24, 2.45) is 11.3 Å². The smallest absolute Gasteiger partial charge is 0.326 e. The molecule has 1 aliphatic heterocycles. The van der Waals surface area contributed by atoms with E-state index in [1.54, 1.807) is 0 Å². The molecule has 1 saturated heterocycles. The third-order valence-electron chi connectivity index (χ3n) is 2.08. The average molecular weight is 123 g/mol. The summed E-state index contributed by atoms with van der Waals surface area (Å²) in [5.74, 6) is -0.0926. The molecular formula is C6H5NO2. The molecule has 1 heterocycles. The topological polar surface area (TPSA) is 50.1 Å². The van der Waals surface area contributed by atoms with Crippen LogP contribution in [0.3, 0.4) is 0 Å². The normalized spacial score (nSPS) is 45.2. The second-order valence-corrected chi connectivity index (χ2v) is 2.58. The van der Waals surface area contributed by atoms with Crippen LogP contribution in [-0.2, 0) is 9.53 Å². The van der Waals surface area contributed by atoms with Crippen molar-refractivity contribution in [1.29, 1.82) is 5.26 Å². The van der Waals surface area contributed by atoms with Crippen LogP contribution < -0.4 is 0 Å². The highest BCUT2D eigenvalue weighted by Crippen LogP contribution is 2.56. The number of cyclic esters (lactones) is 1. The Labute approximate surface area is 52.2 Å².